The van der Waals surface area contributed by atoms with Crippen molar-refractivity contribution in [2.45, 2.75) is 6.42 Å². The van der Waals surface area contributed by atoms with Crippen LogP contribution in [0.3, 0.4) is 0 Å². The highest BCUT2D eigenvalue weighted by Crippen LogP contribution is 2.28. The van der Waals surface area contributed by atoms with E-state index in [1.807, 2.05) is 0 Å². The van der Waals surface area contributed by atoms with E-state index in [1.54, 1.807) is 6.07 Å². The van der Waals surface area contributed by atoms with Gasteiger partial charge in [-0.3, -0.25) is 4.79 Å². The lowest BCUT2D eigenvalue weighted by atomic mass is 10.1. The van der Waals surface area contributed by atoms with Gasteiger partial charge in [0.15, 0.2) is 11.4 Å². The number of hydrogen-bond acceptors (Lipinski definition) is 2. The minimum Gasteiger partial charge on any atom is -0.481 e. The molecule has 0 aliphatic carbocycles. The van der Waals surface area contributed by atoms with Crippen LogP contribution < -0.4 is 0 Å². The SMILES string of the molecule is O=C(O)Cc1coc2c(F)c(Cl)ccc12. The van der Waals surface area contributed by atoms with Gasteiger partial charge in [-0.1, -0.05) is 11.6 Å². The average Bonchev–Trinajstić information content (AvgIpc) is 2.55. The normalized spacial score (nSPS) is 10.8. The number of rotatable bonds is 2. The van der Waals surface area contributed by atoms with Gasteiger partial charge < -0.3 is 9.52 Å². The van der Waals surface area contributed by atoms with Crippen LogP contribution in [0.1, 0.15) is 5.56 Å². The Kier molecular flexibility index (Phi) is 2.36. The molecule has 0 amide bonds. The minimum absolute atomic E-state index is 0.00116. The Bertz CT molecular complexity index is 533. The summed E-state index contributed by atoms with van der Waals surface area (Å²) in [7, 11) is 0. The van der Waals surface area contributed by atoms with Crippen molar-refractivity contribution in [3.63, 3.8) is 0 Å². The molecule has 2 aromatic rings. The lowest BCUT2D eigenvalue weighted by Gasteiger charge is -1.95. The molecule has 0 spiro atoms. The quantitative estimate of drug-likeness (QED) is 0.860. The Balaban J connectivity index is 2.61. The van der Waals surface area contributed by atoms with Crippen molar-refractivity contribution in [2.75, 3.05) is 0 Å². The number of carboxylic acids is 1. The summed E-state index contributed by atoms with van der Waals surface area (Å²) in [6, 6.07) is 2.92. The second-order valence-electron chi connectivity index (χ2n) is 3.07. The van der Waals surface area contributed by atoms with Crippen LogP contribution in [0.2, 0.25) is 5.02 Å². The van der Waals surface area contributed by atoms with Crippen LogP contribution in [0.15, 0.2) is 22.8 Å². The Morgan fingerprint density at radius 2 is 2.27 bits per heavy atom. The van der Waals surface area contributed by atoms with Crippen LogP contribution in [0.4, 0.5) is 4.39 Å². The summed E-state index contributed by atoms with van der Waals surface area (Å²) in [6.07, 6.45) is 1.03. The van der Waals surface area contributed by atoms with Crippen LogP contribution in [-0.2, 0) is 11.2 Å². The van der Waals surface area contributed by atoms with Crippen molar-refractivity contribution in [1.82, 2.24) is 0 Å². The maximum atomic E-state index is 13.4. The summed E-state index contributed by atoms with van der Waals surface area (Å²) >= 11 is 5.55. The standard InChI is InChI=1S/C10H6ClFO3/c11-7-2-1-6-5(3-8(13)14)4-15-10(6)9(7)12/h1-2,4H,3H2,(H,13,14). The maximum Gasteiger partial charge on any atom is 0.307 e. The Hall–Kier alpha value is -1.55. The third-order valence-corrected chi connectivity index (χ3v) is 2.35. The van der Waals surface area contributed by atoms with E-state index < -0.39 is 11.8 Å². The van der Waals surface area contributed by atoms with E-state index in [0.29, 0.717) is 10.9 Å². The van der Waals surface area contributed by atoms with E-state index in [1.165, 1.54) is 12.3 Å². The molecule has 5 heteroatoms. The summed E-state index contributed by atoms with van der Waals surface area (Å²) in [5, 5.41) is 9.01. The summed E-state index contributed by atoms with van der Waals surface area (Å²) in [5.74, 6) is -1.65. The second kappa shape index (κ2) is 3.55. The predicted molar refractivity (Wildman–Crippen MR) is 52.5 cm³/mol. The van der Waals surface area contributed by atoms with E-state index >= 15 is 0 Å². The van der Waals surface area contributed by atoms with Gasteiger partial charge >= 0.3 is 5.97 Å². The Morgan fingerprint density at radius 3 is 2.93 bits per heavy atom. The zero-order valence-electron chi connectivity index (χ0n) is 7.46. The number of hydrogen-bond donors (Lipinski definition) is 1. The van der Waals surface area contributed by atoms with Gasteiger partial charge in [-0.2, -0.15) is 0 Å². The van der Waals surface area contributed by atoms with E-state index in [-0.39, 0.29) is 17.0 Å². The molecule has 1 N–H and O–H groups in total. The molecule has 0 saturated heterocycles. The molecule has 0 unspecified atom stereocenters. The third kappa shape index (κ3) is 1.68. The maximum absolute atomic E-state index is 13.4. The molecule has 2 rings (SSSR count). The monoisotopic (exact) mass is 228 g/mol. The smallest absolute Gasteiger partial charge is 0.307 e. The van der Waals surface area contributed by atoms with Crippen molar-refractivity contribution >= 4 is 28.5 Å². The third-order valence-electron chi connectivity index (χ3n) is 2.06. The van der Waals surface area contributed by atoms with Crippen molar-refractivity contribution in [2.24, 2.45) is 0 Å². The molecule has 1 aromatic heterocycles. The molecule has 1 heterocycles. The highest BCUT2D eigenvalue weighted by atomic mass is 35.5. The molecule has 0 saturated carbocycles. The number of halogens is 2. The number of carboxylic acid groups (broad SMARTS) is 1. The molecular formula is C10H6ClFO3. The van der Waals surface area contributed by atoms with E-state index in [2.05, 4.69) is 0 Å². The molecule has 0 fully saturated rings. The van der Waals surface area contributed by atoms with Gasteiger partial charge in [0.1, 0.15) is 0 Å². The molecule has 78 valence electrons. The van der Waals surface area contributed by atoms with Crippen molar-refractivity contribution in [3.8, 4) is 0 Å². The molecule has 0 aliphatic rings. The van der Waals surface area contributed by atoms with Gasteiger partial charge in [-0.15, -0.1) is 0 Å². The van der Waals surface area contributed by atoms with Gasteiger partial charge in [-0.25, -0.2) is 4.39 Å². The van der Waals surface area contributed by atoms with Crippen molar-refractivity contribution < 1.29 is 18.7 Å². The first-order valence-corrected chi connectivity index (χ1v) is 4.53. The lowest BCUT2D eigenvalue weighted by Crippen LogP contribution is -1.98. The first-order chi connectivity index (χ1) is 7.09. The number of fused-ring (bicyclic) bond motifs is 1. The molecular weight excluding hydrogens is 223 g/mol. The molecule has 0 atom stereocenters. The fraction of sp³-hybridized carbons (Fsp3) is 0.100. The zero-order valence-corrected chi connectivity index (χ0v) is 8.21. The topological polar surface area (TPSA) is 50.4 Å². The largest absolute Gasteiger partial charge is 0.481 e. The lowest BCUT2D eigenvalue weighted by molar-refractivity contribution is -0.136. The van der Waals surface area contributed by atoms with Crippen LogP contribution >= 0.6 is 11.6 Å². The fourth-order valence-corrected chi connectivity index (χ4v) is 1.54. The van der Waals surface area contributed by atoms with Gasteiger partial charge in [0.2, 0.25) is 0 Å². The minimum atomic E-state index is -0.993. The van der Waals surface area contributed by atoms with Crippen molar-refractivity contribution in [3.05, 3.63) is 34.8 Å². The summed E-state index contributed by atoms with van der Waals surface area (Å²) in [5.41, 5.74) is 0.437. The molecule has 15 heavy (non-hydrogen) atoms. The number of carbonyl (C=O) groups is 1. The van der Waals surface area contributed by atoms with E-state index in [4.69, 9.17) is 21.1 Å². The van der Waals surface area contributed by atoms with E-state index in [9.17, 15) is 9.18 Å². The molecule has 0 aliphatic heterocycles. The number of aliphatic carboxylic acids is 1. The number of furan rings is 1. The molecule has 0 bridgehead atoms. The Labute approximate surface area is 89.1 Å². The van der Waals surface area contributed by atoms with Gasteiger partial charge in [0.25, 0.3) is 0 Å². The highest BCUT2D eigenvalue weighted by Gasteiger charge is 2.14. The van der Waals surface area contributed by atoms with Crippen LogP contribution in [0.25, 0.3) is 11.0 Å². The molecule has 3 nitrogen and oxygen atoms in total. The van der Waals surface area contributed by atoms with Crippen LogP contribution in [-0.4, -0.2) is 11.1 Å². The van der Waals surface area contributed by atoms with Gasteiger partial charge in [-0.05, 0) is 12.1 Å². The molecule has 1 aromatic carbocycles. The number of benzene rings is 1. The first-order valence-electron chi connectivity index (χ1n) is 4.15. The van der Waals surface area contributed by atoms with E-state index in [0.717, 1.165) is 0 Å². The highest BCUT2D eigenvalue weighted by molar-refractivity contribution is 6.31. The Morgan fingerprint density at radius 1 is 1.53 bits per heavy atom. The first kappa shape index (κ1) is 9.98. The van der Waals surface area contributed by atoms with Crippen molar-refractivity contribution in [1.29, 1.82) is 0 Å². The zero-order chi connectivity index (χ0) is 11.0. The van der Waals surface area contributed by atoms with Gasteiger partial charge in [0, 0.05) is 10.9 Å². The second-order valence-corrected chi connectivity index (χ2v) is 3.48. The van der Waals surface area contributed by atoms with Gasteiger partial charge in [0.05, 0.1) is 17.7 Å². The van der Waals surface area contributed by atoms with Crippen LogP contribution in [0.5, 0.6) is 0 Å². The fourth-order valence-electron chi connectivity index (χ4n) is 1.39. The van der Waals surface area contributed by atoms with Crippen LogP contribution in [0, 0.1) is 5.82 Å². The summed E-state index contributed by atoms with van der Waals surface area (Å²) in [4.78, 5) is 10.5. The molecule has 0 radical (unpaired) electrons. The average molecular weight is 229 g/mol. The summed E-state index contributed by atoms with van der Waals surface area (Å²) in [6.45, 7) is 0. The summed E-state index contributed by atoms with van der Waals surface area (Å²) < 4.78 is 18.3. The predicted octanol–water partition coefficient (Wildman–Crippen LogP) is 2.85.